The van der Waals surface area contributed by atoms with Crippen molar-refractivity contribution in [2.24, 2.45) is 0 Å². The summed E-state index contributed by atoms with van der Waals surface area (Å²) < 4.78 is 126. The third-order valence-electron chi connectivity index (χ3n) is 12.0. The molecule has 0 radical (unpaired) electrons. The van der Waals surface area contributed by atoms with E-state index in [2.05, 4.69) is 194 Å². The summed E-state index contributed by atoms with van der Waals surface area (Å²) in [6.45, 7) is 11.4. The van der Waals surface area contributed by atoms with E-state index in [9.17, 15) is 26.3 Å². The second-order valence-electron chi connectivity index (χ2n) is 18.4. The zero-order chi connectivity index (χ0) is 63.2. The van der Waals surface area contributed by atoms with Gasteiger partial charge in [0, 0.05) is 74.5 Å². The van der Waals surface area contributed by atoms with Gasteiger partial charge in [0.05, 0.1) is 28.0 Å². The van der Waals surface area contributed by atoms with Gasteiger partial charge in [0.15, 0.2) is 32.6 Å². The van der Waals surface area contributed by atoms with Gasteiger partial charge in [-0.1, -0.05) is 95.1 Å². The van der Waals surface area contributed by atoms with Crippen LogP contribution in [0.4, 0.5) is 26.3 Å². The van der Waals surface area contributed by atoms with Crippen LogP contribution in [0.15, 0.2) is 219 Å². The fraction of sp³-hybridized carbons (Fsp3) is 0.167. The van der Waals surface area contributed by atoms with Crippen LogP contribution in [0.1, 0.15) is 59.6 Å². The van der Waals surface area contributed by atoms with Gasteiger partial charge in [-0.25, -0.2) is 35.6 Å². The Bertz CT molecular complexity index is 3560. The standard InChI is InChI=1S/2C27H25N4P.2C2H3N.2CHF3O3S.2Ag/c2*1-21-8-12-24(13-9-21)32(25-14-10-22(2)11-15-25)26-7-3-6-23(20-26)27(30-18-4-16-28-30)31-19-5-17-29-31;2*1-2-3;2*2-1(3,4)8(5,6)7;;/h2*3-20,27H,1-2H3;2*1H3;2*(H,5,6,7);;/q;;;;;;2*+1. The number of aromatic nitrogens is 8. The van der Waals surface area contributed by atoms with Gasteiger partial charge >= 0.3 is 55.8 Å². The summed E-state index contributed by atoms with van der Waals surface area (Å²) in [4.78, 5) is 0. The first kappa shape index (κ1) is 75.1. The zero-order valence-corrected chi connectivity index (χ0v) is 54.1. The van der Waals surface area contributed by atoms with Crippen LogP contribution in [0.2, 0.25) is 0 Å². The van der Waals surface area contributed by atoms with Crippen molar-refractivity contribution in [1.82, 2.24) is 39.1 Å². The van der Waals surface area contributed by atoms with E-state index >= 15 is 0 Å². The Morgan fingerprint density at radius 3 is 0.784 bits per heavy atom. The van der Waals surface area contributed by atoms with Gasteiger partial charge < -0.3 is 9.11 Å². The van der Waals surface area contributed by atoms with Crippen molar-refractivity contribution >= 4 is 67.9 Å². The molecule has 28 heteroatoms. The Morgan fingerprint density at radius 1 is 0.409 bits per heavy atom. The Hall–Kier alpha value is -7.12. The summed E-state index contributed by atoms with van der Waals surface area (Å²) in [5.74, 6) is 0. The molecular weight excluding hydrogens is 1410 g/mol. The van der Waals surface area contributed by atoms with Crippen LogP contribution >= 0.6 is 15.8 Å². The third-order valence-corrected chi connectivity index (χ3v) is 18.5. The molecule has 0 aliphatic rings. The first-order valence-electron chi connectivity index (χ1n) is 25.6. The molecule has 4 heterocycles. The predicted octanol–water partition coefficient (Wildman–Crippen LogP) is 9.72. The molecule has 468 valence electrons. The zero-order valence-electron chi connectivity index (χ0n) is 47.5. The molecule has 0 saturated carbocycles. The van der Waals surface area contributed by atoms with Crippen molar-refractivity contribution < 1.29 is 97.0 Å². The van der Waals surface area contributed by atoms with Crippen LogP contribution in [-0.4, -0.2) is 76.1 Å². The molecule has 6 aromatic carbocycles. The van der Waals surface area contributed by atoms with Gasteiger partial charge in [0.2, 0.25) is 0 Å². The first-order chi connectivity index (χ1) is 40.7. The summed E-state index contributed by atoms with van der Waals surface area (Å²) in [6.07, 6.45) is 15.0. The molecule has 10 aromatic rings. The smallest absolute Gasteiger partial charge is 0.741 e. The van der Waals surface area contributed by atoms with Gasteiger partial charge in [-0.3, -0.25) is 0 Å². The largest absolute Gasteiger partial charge is 1.00 e. The van der Waals surface area contributed by atoms with Gasteiger partial charge in [0.25, 0.3) is 0 Å². The molecule has 16 nitrogen and oxygen atoms in total. The van der Waals surface area contributed by atoms with Crippen molar-refractivity contribution in [1.29, 1.82) is 10.5 Å². The van der Waals surface area contributed by atoms with Crippen molar-refractivity contribution in [2.75, 3.05) is 0 Å². The second kappa shape index (κ2) is 35.2. The van der Waals surface area contributed by atoms with Crippen molar-refractivity contribution in [3.05, 3.63) is 253 Å². The molecule has 4 aromatic heterocycles. The van der Waals surface area contributed by atoms with Gasteiger partial charge in [-0.2, -0.15) is 57.3 Å². The molecular formula is C60H58Ag2F6N10O6P2S2+2. The van der Waals surface area contributed by atoms with Crippen LogP contribution in [0.25, 0.3) is 0 Å². The van der Waals surface area contributed by atoms with E-state index < -0.39 is 47.1 Å². The number of nitrogens with zero attached hydrogens (tertiary/aromatic N) is 10. The molecule has 0 unspecified atom stereocenters. The summed E-state index contributed by atoms with van der Waals surface area (Å²) in [7, 11) is -14.5. The number of halogens is 6. The van der Waals surface area contributed by atoms with Crippen molar-refractivity contribution in [3.63, 3.8) is 0 Å². The minimum Gasteiger partial charge on any atom is -0.741 e. The molecule has 0 aliphatic heterocycles. The summed E-state index contributed by atoms with van der Waals surface area (Å²) in [5, 5.41) is 41.0. The molecule has 0 saturated heterocycles. The van der Waals surface area contributed by atoms with Crippen LogP contribution in [0, 0.1) is 50.4 Å². The maximum absolute atomic E-state index is 10.7. The maximum atomic E-state index is 10.7. The maximum Gasteiger partial charge on any atom is 1.00 e. The van der Waals surface area contributed by atoms with Crippen LogP contribution < -0.4 is 31.8 Å². The average molecular weight is 1470 g/mol. The molecule has 0 atom stereocenters. The monoisotopic (exact) mass is 1470 g/mol. The Labute approximate surface area is 540 Å². The van der Waals surface area contributed by atoms with E-state index in [1.807, 2.05) is 92.6 Å². The minimum atomic E-state index is -6.09. The number of alkyl halides is 6. The van der Waals surface area contributed by atoms with E-state index in [0.29, 0.717) is 0 Å². The minimum absolute atomic E-state index is 0. The van der Waals surface area contributed by atoms with Crippen LogP contribution in [0.3, 0.4) is 0 Å². The Morgan fingerprint density at radius 2 is 0.614 bits per heavy atom. The summed E-state index contributed by atoms with van der Waals surface area (Å²) >= 11 is 0. The summed E-state index contributed by atoms with van der Waals surface area (Å²) in [5.41, 5.74) is -3.83. The predicted molar refractivity (Wildman–Crippen MR) is 322 cm³/mol. The van der Waals surface area contributed by atoms with Gasteiger partial charge in [-0.15, -0.1) is 0 Å². The van der Waals surface area contributed by atoms with Crippen molar-refractivity contribution in [2.45, 2.75) is 64.9 Å². The molecule has 0 amide bonds. The fourth-order valence-corrected chi connectivity index (χ4v) is 13.3. The second-order valence-corrected chi connectivity index (χ2v) is 26.1. The van der Waals surface area contributed by atoms with Gasteiger partial charge in [0.1, 0.15) is 31.8 Å². The number of hydrogen-bond donors (Lipinski definition) is 0. The number of aryl methyl sites for hydroxylation is 4. The molecule has 88 heavy (non-hydrogen) atoms. The molecule has 0 bridgehead atoms. The third kappa shape index (κ3) is 22.2. The number of benzene rings is 6. The normalized spacial score (nSPS) is 11.0. The van der Waals surface area contributed by atoms with E-state index in [-0.39, 0.29) is 57.1 Å². The average Bonchev–Trinajstić information content (AvgIpc) is 1.84. The van der Waals surface area contributed by atoms with Crippen molar-refractivity contribution in [3.8, 4) is 12.1 Å². The molecule has 10 rings (SSSR count). The SMILES string of the molecule is CC#N.CC#N.Cc1ccc([PH+](c2ccc(C)cc2)c2cccc(C(n3cccn3)n3cccn3)c2)cc1.Cc1ccc([PH+](c2ccc(C)cc2)c2cccc(C(n3cccn3)n3cccn3)c2)cc1.O=S(=O)([O-])C(F)(F)F.O=S(=O)([O-])C(F)(F)F.[Ag+].[Ag+]. The van der Waals surface area contributed by atoms with E-state index in [0.717, 1.165) is 11.1 Å². The number of rotatable bonds is 12. The molecule has 0 aliphatic carbocycles. The number of hydrogen-bond acceptors (Lipinski definition) is 12. The topological polar surface area (TPSA) is 233 Å². The molecule has 0 fully saturated rings. The Kier molecular flexibility index (Phi) is 30.0. The number of nitriles is 2. The van der Waals surface area contributed by atoms with Gasteiger partial charge in [-0.05, 0) is 125 Å². The fourth-order valence-electron chi connectivity index (χ4n) is 8.15. The van der Waals surface area contributed by atoms with E-state index in [1.54, 1.807) is 12.1 Å². The van der Waals surface area contributed by atoms with Crippen LogP contribution in [-0.2, 0) is 65.0 Å². The Balaban J connectivity index is 0.000000339. The summed E-state index contributed by atoms with van der Waals surface area (Å²) in [6, 6.07) is 65.2. The first-order valence-corrected chi connectivity index (χ1v) is 31.4. The quantitative estimate of drug-likeness (QED) is 0.0366. The molecule has 0 spiro atoms. The van der Waals surface area contributed by atoms with E-state index in [1.165, 1.54) is 67.9 Å². The molecule has 0 N–H and O–H groups in total. The van der Waals surface area contributed by atoms with E-state index in [4.69, 9.17) is 36.5 Å². The van der Waals surface area contributed by atoms with Crippen LogP contribution in [0.5, 0.6) is 0 Å².